The van der Waals surface area contributed by atoms with Crippen molar-refractivity contribution in [1.82, 2.24) is 9.97 Å². The number of aromatic nitrogens is 2. The average molecular weight is 307 g/mol. The summed E-state index contributed by atoms with van der Waals surface area (Å²) in [4.78, 5) is 8.37. The number of fused-ring (bicyclic) bond motifs is 1. The highest BCUT2D eigenvalue weighted by atomic mass is 15.3. The topological polar surface area (TPSA) is 89.8 Å². The van der Waals surface area contributed by atoms with Crippen molar-refractivity contribution in [3.05, 3.63) is 48.0 Å². The predicted molar refractivity (Wildman–Crippen MR) is 95.7 cm³/mol. The molecule has 5 heteroatoms. The van der Waals surface area contributed by atoms with Gasteiger partial charge in [-0.25, -0.2) is 10.8 Å². The lowest BCUT2D eigenvalue weighted by atomic mass is 9.98. The molecule has 2 aromatic carbocycles. The molecule has 0 fully saturated rings. The molecule has 23 heavy (non-hydrogen) atoms. The molecule has 5 nitrogen and oxygen atoms in total. The second-order valence-electron chi connectivity index (χ2n) is 6.10. The molecule has 3 aromatic rings. The number of benzene rings is 2. The van der Waals surface area contributed by atoms with Crippen LogP contribution in [0.15, 0.2) is 42.5 Å². The minimum Gasteiger partial charge on any atom is -0.368 e. The van der Waals surface area contributed by atoms with Crippen LogP contribution in [-0.2, 0) is 6.42 Å². The van der Waals surface area contributed by atoms with Crippen molar-refractivity contribution < 1.29 is 0 Å². The predicted octanol–water partition coefficient (Wildman–Crippen LogP) is 3.36. The van der Waals surface area contributed by atoms with E-state index in [1.54, 1.807) is 0 Å². The molecule has 0 aliphatic rings. The summed E-state index contributed by atoms with van der Waals surface area (Å²) in [6.45, 7) is 4.45. The summed E-state index contributed by atoms with van der Waals surface area (Å²) < 4.78 is 0. The molecule has 0 aliphatic heterocycles. The monoisotopic (exact) mass is 307 g/mol. The van der Waals surface area contributed by atoms with E-state index in [2.05, 4.69) is 53.5 Å². The summed E-state index contributed by atoms with van der Waals surface area (Å²) >= 11 is 0. The quantitative estimate of drug-likeness (QED) is 0.508. The Morgan fingerprint density at radius 3 is 2.35 bits per heavy atom. The number of nitrogens with zero attached hydrogens (tertiary/aromatic N) is 2. The van der Waals surface area contributed by atoms with Crippen molar-refractivity contribution in [2.45, 2.75) is 20.3 Å². The van der Waals surface area contributed by atoms with Gasteiger partial charge in [-0.15, -0.1) is 0 Å². The Labute approximate surface area is 135 Å². The van der Waals surface area contributed by atoms with Gasteiger partial charge in [0.2, 0.25) is 5.95 Å². The lowest BCUT2D eigenvalue weighted by Crippen LogP contribution is -2.11. The van der Waals surface area contributed by atoms with Crippen molar-refractivity contribution in [3.63, 3.8) is 0 Å². The number of hydrogen-bond donors (Lipinski definition) is 3. The molecule has 0 saturated heterocycles. The fourth-order valence-electron chi connectivity index (χ4n) is 2.74. The fraction of sp³-hybridized carbons (Fsp3) is 0.222. The van der Waals surface area contributed by atoms with Gasteiger partial charge in [0.15, 0.2) is 5.82 Å². The summed E-state index contributed by atoms with van der Waals surface area (Å²) in [7, 11) is 0. The molecular formula is C18H21N5. The van der Waals surface area contributed by atoms with Crippen molar-refractivity contribution >= 4 is 22.7 Å². The van der Waals surface area contributed by atoms with Crippen LogP contribution < -0.4 is 17.0 Å². The third kappa shape index (κ3) is 3.24. The van der Waals surface area contributed by atoms with Crippen LogP contribution in [0, 0.1) is 5.92 Å². The second-order valence-corrected chi connectivity index (χ2v) is 6.10. The van der Waals surface area contributed by atoms with E-state index in [4.69, 9.17) is 11.6 Å². The first-order valence-electron chi connectivity index (χ1n) is 7.70. The largest absolute Gasteiger partial charge is 0.368 e. The van der Waals surface area contributed by atoms with Gasteiger partial charge in [0.05, 0.1) is 5.52 Å². The van der Waals surface area contributed by atoms with Gasteiger partial charge in [0, 0.05) is 5.39 Å². The molecule has 0 bridgehead atoms. The molecule has 0 aliphatic carbocycles. The van der Waals surface area contributed by atoms with Gasteiger partial charge in [-0.1, -0.05) is 44.2 Å². The van der Waals surface area contributed by atoms with Gasteiger partial charge in [0.1, 0.15) is 0 Å². The summed E-state index contributed by atoms with van der Waals surface area (Å²) in [5, 5.41) is 0.852. The maximum atomic E-state index is 5.69. The molecule has 118 valence electrons. The van der Waals surface area contributed by atoms with Crippen LogP contribution in [0.1, 0.15) is 19.4 Å². The van der Waals surface area contributed by atoms with E-state index >= 15 is 0 Å². The third-order valence-electron chi connectivity index (χ3n) is 3.78. The van der Waals surface area contributed by atoms with E-state index < -0.39 is 0 Å². The first-order valence-corrected chi connectivity index (χ1v) is 7.70. The van der Waals surface area contributed by atoms with Gasteiger partial charge in [-0.3, -0.25) is 0 Å². The second kappa shape index (κ2) is 6.22. The molecular weight excluding hydrogens is 286 g/mol. The zero-order chi connectivity index (χ0) is 16.4. The van der Waals surface area contributed by atoms with E-state index in [-0.39, 0.29) is 5.95 Å². The molecule has 0 atom stereocenters. The summed E-state index contributed by atoms with van der Waals surface area (Å²) in [6, 6.07) is 14.7. The van der Waals surface area contributed by atoms with E-state index in [1.807, 2.05) is 18.2 Å². The minimum atomic E-state index is 0.205. The maximum absolute atomic E-state index is 5.69. The molecule has 5 N–H and O–H groups in total. The Morgan fingerprint density at radius 1 is 1.00 bits per heavy atom. The van der Waals surface area contributed by atoms with E-state index in [9.17, 15) is 0 Å². The Balaban J connectivity index is 2.01. The molecule has 0 radical (unpaired) electrons. The zero-order valence-electron chi connectivity index (χ0n) is 13.4. The van der Waals surface area contributed by atoms with Gasteiger partial charge in [-0.2, -0.15) is 4.98 Å². The van der Waals surface area contributed by atoms with E-state index in [1.165, 1.54) is 5.56 Å². The van der Waals surface area contributed by atoms with Gasteiger partial charge < -0.3 is 11.2 Å². The molecule has 1 aromatic heterocycles. The molecule has 0 saturated carbocycles. The number of anilines is 2. The Bertz CT molecular complexity index is 825. The van der Waals surface area contributed by atoms with Gasteiger partial charge in [-0.05, 0) is 41.2 Å². The highest BCUT2D eigenvalue weighted by Crippen LogP contribution is 2.28. The Hall–Kier alpha value is -2.66. The van der Waals surface area contributed by atoms with E-state index in [0.29, 0.717) is 11.7 Å². The normalized spacial score (nSPS) is 11.1. The van der Waals surface area contributed by atoms with Crippen LogP contribution in [0.25, 0.3) is 22.0 Å². The summed E-state index contributed by atoms with van der Waals surface area (Å²) in [6.07, 6.45) is 1.09. The van der Waals surface area contributed by atoms with Crippen LogP contribution in [-0.4, -0.2) is 9.97 Å². The average Bonchev–Trinajstić information content (AvgIpc) is 2.54. The molecule has 0 spiro atoms. The lowest BCUT2D eigenvalue weighted by Gasteiger charge is -2.09. The smallest absolute Gasteiger partial charge is 0.222 e. The van der Waals surface area contributed by atoms with Gasteiger partial charge in [0.25, 0.3) is 0 Å². The van der Waals surface area contributed by atoms with Crippen molar-refractivity contribution in [1.29, 1.82) is 0 Å². The maximum Gasteiger partial charge on any atom is 0.222 e. The Morgan fingerprint density at radius 2 is 1.70 bits per heavy atom. The van der Waals surface area contributed by atoms with Crippen LogP contribution in [0.5, 0.6) is 0 Å². The minimum absolute atomic E-state index is 0.205. The summed E-state index contributed by atoms with van der Waals surface area (Å²) in [5.41, 5.74) is 12.6. The number of hydrazine groups is 1. The zero-order valence-corrected chi connectivity index (χ0v) is 13.4. The van der Waals surface area contributed by atoms with E-state index in [0.717, 1.165) is 28.5 Å². The first kappa shape index (κ1) is 15.2. The van der Waals surface area contributed by atoms with Crippen molar-refractivity contribution in [2.75, 3.05) is 11.2 Å². The third-order valence-corrected chi connectivity index (χ3v) is 3.78. The standard InChI is InChI=1S/C18H21N5/c1-11(2)9-12-3-5-13(6-4-12)14-7-8-16-15(10-14)17(23-20)22-18(19)21-16/h3-8,10-11H,9,20H2,1-2H3,(H3,19,21,22,23). The highest BCUT2D eigenvalue weighted by molar-refractivity contribution is 5.93. The summed E-state index contributed by atoms with van der Waals surface area (Å²) in [5.74, 6) is 6.94. The van der Waals surface area contributed by atoms with Crippen LogP contribution >= 0.6 is 0 Å². The SMILES string of the molecule is CC(C)Cc1ccc(-c2ccc3nc(N)nc(NN)c3c2)cc1. The van der Waals surface area contributed by atoms with Crippen LogP contribution in [0.3, 0.4) is 0 Å². The number of hydrogen-bond acceptors (Lipinski definition) is 5. The molecule has 0 unspecified atom stereocenters. The van der Waals surface area contributed by atoms with Gasteiger partial charge >= 0.3 is 0 Å². The fourth-order valence-corrected chi connectivity index (χ4v) is 2.74. The lowest BCUT2D eigenvalue weighted by molar-refractivity contribution is 0.647. The molecule has 3 rings (SSSR count). The number of rotatable bonds is 4. The Kier molecular flexibility index (Phi) is 4.12. The number of nitrogens with one attached hydrogen (secondary N) is 1. The molecule has 1 heterocycles. The first-order chi connectivity index (χ1) is 11.1. The molecule has 0 amide bonds. The van der Waals surface area contributed by atoms with Crippen LogP contribution in [0.2, 0.25) is 0 Å². The van der Waals surface area contributed by atoms with Crippen LogP contribution in [0.4, 0.5) is 11.8 Å². The number of nitrogens with two attached hydrogens (primary N) is 2. The van der Waals surface area contributed by atoms with Crippen molar-refractivity contribution in [2.24, 2.45) is 11.8 Å². The van der Waals surface area contributed by atoms with Crippen molar-refractivity contribution in [3.8, 4) is 11.1 Å². The highest BCUT2D eigenvalue weighted by Gasteiger charge is 2.07. The number of nitrogen functional groups attached to an aromatic ring is 2.